The fourth-order valence-corrected chi connectivity index (χ4v) is 2.67. The standard InChI is InChI=1S/C13H18INO/c14-12-1-3-13(4-2-12)15-8-5-11(6-9-15)7-10-16/h1-4,11,16H,5-10H2. The maximum Gasteiger partial charge on any atom is 0.0433 e. The molecule has 2 nitrogen and oxygen atoms in total. The number of benzene rings is 1. The van der Waals surface area contributed by atoms with E-state index in [1.54, 1.807) is 0 Å². The van der Waals surface area contributed by atoms with E-state index in [1.165, 1.54) is 22.1 Å². The Labute approximate surface area is 111 Å². The molecule has 2 rings (SSSR count). The number of anilines is 1. The second-order valence-electron chi connectivity index (χ2n) is 4.42. The molecule has 0 radical (unpaired) electrons. The summed E-state index contributed by atoms with van der Waals surface area (Å²) >= 11 is 2.34. The Bertz CT molecular complexity index is 317. The molecule has 1 saturated heterocycles. The van der Waals surface area contributed by atoms with Crippen molar-refractivity contribution in [2.45, 2.75) is 19.3 Å². The van der Waals surface area contributed by atoms with E-state index >= 15 is 0 Å². The van der Waals surface area contributed by atoms with Crippen molar-refractivity contribution in [3.05, 3.63) is 27.8 Å². The number of aliphatic hydroxyl groups excluding tert-OH is 1. The third-order valence-electron chi connectivity index (χ3n) is 3.34. The molecule has 0 bridgehead atoms. The molecule has 0 aromatic heterocycles. The lowest BCUT2D eigenvalue weighted by molar-refractivity contribution is 0.240. The molecule has 1 fully saturated rings. The van der Waals surface area contributed by atoms with Gasteiger partial charge in [-0.05, 0) is 72.0 Å². The second-order valence-corrected chi connectivity index (χ2v) is 5.66. The summed E-state index contributed by atoms with van der Waals surface area (Å²) in [5.41, 5.74) is 1.34. The summed E-state index contributed by atoms with van der Waals surface area (Å²) in [4.78, 5) is 2.45. The molecule has 16 heavy (non-hydrogen) atoms. The van der Waals surface area contributed by atoms with E-state index in [0.29, 0.717) is 6.61 Å². The predicted octanol–water partition coefficient (Wildman–Crippen LogP) is 2.89. The first kappa shape index (κ1) is 12.2. The lowest BCUT2D eigenvalue weighted by Crippen LogP contribution is -2.33. The third-order valence-corrected chi connectivity index (χ3v) is 4.06. The fraction of sp³-hybridized carbons (Fsp3) is 0.538. The number of nitrogens with zero attached hydrogens (tertiary/aromatic N) is 1. The number of hydrogen-bond acceptors (Lipinski definition) is 2. The van der Waals surface area contributed by atoms with Crippen LogP contribution in [0.5, 0.6) is 0 Å². The van der Waals surface area contributed by atoms with Gasteiger partial charge in [-0.1, -0.05) is 0 Å². The Morgan fingerprint density at radius 2 is 1.81 bits per heavy atom. The molecular formula is C13H18INO. The molecule has 1 aromatic rings. The summed E-state index contributed by atoms with van der Waals surface area (Å²) in [5, 5.41) is 8.92. The molecule has 0 amide bonds. The Balaban J connectivity index is 1.91. The van der Waals surface area contributed by atoms with Crippen LogP contribution in [0.15, 0.2) is 24.3 Å². The van der Waals surface area contributed by atoms with Gasteiger partial charge in [-0.15, -0.1) is 0 Å². The quantitative estimate of drug-likeness (QED) is 0.861. The zero-order chi connectivity index (χ0) is 11.4. The highest BCUT2D eigenvalue weighted by molar-refractivity contribution is 14.1. The van der Waals surface area contributed by atoms with Gasteiger partial charge in [0.15, 0.2) is 0 Å². The molecule has 1 aromatic carbocycles. The number of aliphatic hydroxyl groups is 1. The van der Waals surface area contributed by atoms with Gasteiger partial charge >= 0.3 is 0 Å². The molecule has 0 aliphatic carbocycles. The highest BCUT2D eigenvalue weighted by Gasteiger charge is 2.18. The molecule has 88 valence electrons. The van der Waals surface area contributed by atoms with E-state index in [1.807, 2.05) is 0 Å². The van der Waals surface area contributed by atoms with Crippen molar-refractivity contribution in [3.8, 4) is 0 Å². The molecule has 0 atom stereocenters. The first-order valence-corrected chi connectivity index (χ1v) is 6.99. The first-order valence-electron chi connectivity index (χ1n) is 5.91. The van der Waals surface area contributed by atoms with Gasteiger partial charge in [-0.2, -0.15) is 0 Å². The van der Waals surface area contributed by atoms with Crippen LogP contribution in [-0.2, 0) is 0 Å². The molecule has 3 heteroatoms. The van der Waals surface area contributed by atoms with Gasteiger partial charge in [0.2, 0.25) is 0 Å². The average molecular weight is 331 g/mol. The van der Waals surface area contributed by atoms with Crippen molar-refractivity contribution < 1.29 is 5.11 Å². The van der Waals surface area contributed by atoms with Gasteiger partial charge in [-0.3, -0.25) is 0 Å². The summed E-state index contributed by atoms with van der Waals surface area (Å²) in [7, 11) is 0. The summed E-state index contributed by atoms with van der Waals surface area (Å²) in [6.07, 6.45) is 3.40. The van der Waals surface area contributed by atoms with Gasteiger partial charge in [0, 0.05) is 29.0 Å². The number of hydrogen-bond donors (Lipinski definition) is 1. The zero-order valence-electron chi connectivity index (χ0n) is 9.40. The Kier molecular flexibility index (Phi) is 4.46. The Morgan fingerprint density at radius 1 is 1.19 bits per heavy atom. The van der Waals surface area contributed by atoms with Crippen molar-refractivity contribution in [1.29, 1.82) is 0 Å². The van der Waals surface area contributed by atoms with Crippen LogP contribution in [0, 0.1) is 9.49 Å². The van der Waals surface area contributed by atoms with Crippen LogP contribution >= 0.6 is 22.6 Å². The molecule has 0 unspecified atom stereocenters. The minimum Gasteiger partial charge on any atom is -0.396 e. The van der Waals surface area contributed by atoms with Crippen molar-refractivity contribution in [1.82, 2.24) is 0 Å². The fourth-order valence-electron chi connectivity index (χ4n) is 2.31. The van der Waals surface area contributed by atoms with Crippen molar-refractivity contribution in [3.63, 3.8) is 0 Å². The van der Waals surface area contributed by atoms with E-state index in [4.69, 9.17) is 5.11 Å². The van der Waals surface area contributed by atoms with Crippen molar-refractivity contribution in [2.75, 3.05) is 24.6 Å². The molecule has 1 aliphatic rings. The normalized spacial score (nSPS) is 17.8. The summed E-state index contributed by atoms with van der Waals surface area (Å²) < 4.78 is 1.29. The summed E-state index contributed by atoms with van der Waals surface area (Å²) in [6, 6.07) is 8.73. The molecule has 1 aliphatic heterocycles. The van der Waals surface area contributed by atoms with Crippen LogP contribution in [-0.4, -0.2) is 24.8 Å². The third kappa shape index (κ3) is 3.10. The SMILES string of the molecule is OCCC1CCN(c2ccc(I)cc2)CC1. The highest BCUT2D eigenvalue weighted by Crippen LogP contribution is 2.25. The van der Waals surface area contributed by atoms with Crippen LogP contribution in [0.25, 0.3) is 0 Å². The smallest absolute Gasteiger partial charge is 0.0433 e. The molecule has 0 spiro atoms. The van der Waals surface area contributed by atoms with Crippen molar-refractivity contribution >= 4 is 28.3 Å². The Morgan fingerprint density at radius 3 is 2.38 bits per heavy atom. The minimum atomic E-state index is 0.341. The van der Waals surface area contributed by atoms with E-state index in [-0.39, 0.29) is 0 Å². The topological polar surface area (TPSA) is 23.5 Å². The monoisotopic (exact) mass is 331 g/mol. The summed E-state index contributed by atoms with van der Waals surface area (Å²) in [5.74, 6) is 0.727. The summed E-state index contributed by atoms with van der Waals surface area (Å²) in [6.45, 7) is 2.60. The van der Waals surface area contributed by atoms with Crippen LogP contribution in [0.3, 0.4) is 0 Å². The van der Waals surface area contributed by atoms with E-state index in [2.05, 4.69) is 51.8 Å². The zero-order valence-corrected chi connectivity index (χ0v) is 11.6. The first-order chi connectivity index (χ1) is 7.79. The maximum absolute atomic E-state index is 8.92. The van der Waals surface area contributed by atoms with Crippen LogP contribution in [0.4, 0.5) is 5.69 Å². The number of halogens is 1. The van der Waals surface area contributed by atoms with Gasteiger partial charge in [0.05, 0.1) is 0 Å². The van der Waals surface area contributed by atoms with Gasteiger partial charge in [0.1, 0.15) is 0 Å². The number of piperidine rings is 1. The second kappa shape index (κ2) is 5.87. The van der Waals surface area contributed by atoms with Crippen LogP contribution in [0.2, 0.25) is 0 Å². The van der Waals surface area contributed by atoms with E-state index < -0.39 is 0 Å². The minimum absolute atomic E-state index is 0.341. The largest absolute Gasteiger partial charge is 0.396 e. The van der Waals surface area contributed by atoms with Gasteiger partial charge in [-0.25, -0.2) is 0 Å². The van der Waals surface area contributed by atoms with Crippen LogP contribution in [0.1, 0.15) is 19.3 Å². The average Bonchev–Trinajstić information content (AvgIpc) is 2.32. The predicted molar refractivity (Wildman–Crippen MR) is 75.8 cm³/mol. The van der Waals surface area contributed by atoms with E-state index in [9.17, 15) is 0 Å². The maximum atomic E-state index is 8.92. The molecular weight excluding hydrogens is 313 g/mol. The lowest BCUT2D eigenvalue weighted by atomic mass is 9.94. The molecule has 0 saturated carbocycles. The molecule has 1 heterocycles. The van der Waals surface area contributed by atoms with E-state index in [0.717, 1.165) is 25.4 Å². The van der Waals surface area contributed by atoms with Crippen LogP contribution < -0.4 is 4.90 Å². The van der Waals surface area contributed by atoms with Crippen molar-refractivity contribution in [2.24, 2.45) is 5.92 Å². The molecule has 1 N–H and O–H groups in total. The highest BCUT2D eigenvalue weighted by atomic mass is 127. The lowest BCUT2D eigenvalue weighted by Gasteiger charge is -2.33. The number of rotatable bonds is 3. The van der Waals surface area contributed by atoms with Gasteiger partial charge in [0.25, 0.3) is 0 Å². The Hall–Kier alpha value is -0.290. The van der Waals surface area contributed by atoms with Gasteiger partial charge < -0.3 is 10.0 Å².